The summed E-state index contributed by atoms with van der Waals surface area (Å²) < 4.78 is 11.2. The van der Waals surface area contributed by atoms with Gasteiger partial charge >= 0.3 is 0 Å². The van der Waals surface area contributed by atoms with E-state index >= 15 is 0 Å². The molecule has 29 heavy (non-hydrogen) atoms. The largest absolute Gasteiger partial charge is 0.481 e. The number of carbonyl (C=O) groups is 1. The highest BCUT2D eigenvalue weighted by Crippen LogP contribution is 2.30. The van der Waals surface area contributed by atoms with Gasteiger partial charge in [0.2, 0.25) is 11.7 Å². The molecule has 1 amide bonds. The molecule has 1 heterocycles. The zero-order chi connectivity index (χ0) is 20.2. The fourth-order valence-corrected chi connectivity index (χ4v) is 3.58. The second-order valence-electron chi connectivity index (χ2n) is 7.10. The zero-order valence-electron chi connectivity index (χ0n) is 16.2. The van der Waals surface area contributed by atoms with Gasteiger partial charge in [-0.05, 0) is 74.1 Å². The summed E-state index contributed by atoms with van der Waals surface area (Å²) in [6.45, 7) is 1.88. The molecule has 1 aromatic heterocycles. The van der Waals surface area contributed by atoms with Gasteiger partial charge in [0.05, 0.1) is 6.54 Å². The van der Waals surface area contributed by atoms with Crippen LogP contribution in [0.25, 0.3) is 11.4 Å². The van der Waals surface area contributed by atoms with Gasteiger partial charge in [0, 0.05) is 10.6 Å². The molecule has 0 bridgehead atoms. The normalized spacial score (nSPS) is 14.1. The molecule has 1 aliphatic rings. The SMILES string of the molecule is C[C@@H](Oc1cccc2c1CCCC2)C(=O)NCc1nc(-c2ccc(Cl)cc2)no1. The molecular weight excluding hydrogens is 390 g/mol. The molecule has 0 saturated heterocycles. The van der Waals surface area contributed by atoms with Crippen LogP contribution in [0.3, 0.4) is 0 Å². The minimum atomic E-state index is -0.623. The van der Waals surface area contributed by atoms with Crippen molar-refractivity contribution in [1.29, 1.82) is 0 Å². The number of hydrogen-bond acceptors (Lipinski definition) is 5. The Morgan fingerprint density at radius 3 is 2.83 bits per heavy atom. The van der Waals surface area contributed by atoms with Crippen LogP contribution in [0, 0.1) is 0 Å². The lowest BCUT2D eigenvalue weighted by molar-refractivity contribution is -0.127. The second kappa shape index (κ2) is 8.66. The summed E-state index contributed by atoms with van der Waals surface area (Å²) in [5.41, 5.74) is 3.34. The van der Waals surface area contributed by atoms with Crippen molar-refractivity contribution in [3.05, 3.63) is 64.5 Å². The molecule has 7 heteroatoms. The van der Waals surface area contributed by atoms with E-state index in [0.717, 1.165) is 30.6 Å². The Labute approximate surface area is 174 Å². The molecule has 0 fully saturated rings. The summed E-state index contributed by atoms with van der Waals surface area (Å²) in [4.78, 5) is 16.8. The monoisotopic (exact) mass is 411 g/mol. The maximum absolute atomic E-state index is 12.5. The van der Waals surface area contributed by atoms with Crippen molar-refractivity contribution in [1.82, 2.24) is 15.5 Å². The van der Waals surface area contributed by atoms with Gasteiger partial charge in [-0.3, -0.25) is 4.79 Å². The van der Waals surface area contributed by atoms with Crippen LogP contribution in [0.2, 0.25) is 5.02 Å². The number of rotatable bonds is 6. The topological polar surface area (TPSA) is 77.2 Å². The third kappa shape index (κ3) is 4.59. The van der Waals surface area contributed by atoms with Crippen LogP contribution in [-0.4, -0.2) is 22.2 Å². The summed E-state index contributed by atoms with van der Waals surface area (Å²) >= 11 is 5.89. The Bertz CT molecular complexity index is 1000. The van der Waals surface area contributed by atoms with E-state index in [-0.39, 0.29) is 12.5 Å². The van der Waals surface area contributed by atoms with E-state index in [1.807, 2.05) is 24.3 Å². The highest BCUT2D eigenvalue weighted by atomic mass is 35.5. The number of carbonyl (C=O) groups excluding carboxylic acids is 1. The second-order valence-corrected chi connectivity index (χ2v) is 7.53. The molecule has 0 saturated carbocycles. The van der Waals surface area contributed by atoms with Crippen molar-refractivity contribution in [3.8, 4) is 17.1 Å². The number of ether oxygens (including phenoxy) is 1. The Morgan fingerprint density at radius 1 is 1.21 bits per heavy atom. The molecule has 3 aromatic rings. The Kier molecular flexibility index (Phi) is 5.81. The number of fused-ring (bicyclic) bond motifs is 1. The van der Waals surface area contributed by atoms with E-state index in [2.05, 4.69) is 21.5 Å². The molecule has 0 unspecified atom stereocenters. The van der Waals surface area contributed by atoms with Gasteiger partial charge in [0.25, 0.3) is 5.91 Å². The smallest absolute Gasteiger partial charge is 0.261 e. The first-order valence-electron chi connectivity index (χ1n) is 9.74. The molecule has 2 aromatic carbocycles. The van der Waals surface area contributed by atoms with E-state index in [1.54, 1.807) is 19.1 Å². The molecule has 6 nitrogen and oxygen atoms in total. The van der Waals surface area contributed by atoms with Crippen molar-refractivity contribution in [3.63, 3.8) is 0 Å². The van der Waals surface area contributed by atoms with Crippen LogP contribution in [0.1, 0.15) is 36.8 Å². The summed E-state index contributed by atoms with van der Waals surface area (Å²) in [5.74, 6) is 1.34. The minimum Gasteiger partial charge on any atom is -0.481 e. The van der Waals surface area contributed by atoms with E-state index < -0.39 is 6.10 Å². The Hall–Kier alpha value is -2.86. The number of aromatic nitrogens is 2. The van der Waals surface area contributed by atoms with Gasteiger partial charge in [-0.1, -0.05) is 28.9 Å². The molecule has 1 aliphatic carbocycles. The van der Waals surface area contributed by atoms with Crippen molar-refractivity contribution >= 4 is 17.5 Å². The minimum absolute atomic E-state index is 0.139. The number of aryl methyl sites for hydroxylation is 1. The Morgan fingerprint density at radius 2 is 2.00 bits per heavy atom. The molecule has 0 aliphatic heterocycles. The molecule has 1 atom stereocenters. The van der Waals surface area contributed by atoms with E-state index in [9.17, 15) is 4.79 Å². The summed E-state index contributed by atoms with van der Waals surface area (Å²) in [7, 11) is 0. The first kappa shape index (κ1) is 19.5. The molecular formula is C22H22ClN3O3. The van der Waals surface area contributed by atoms with E-state index in [0.29, 0.717) is 16.7 Å². The number of hydrogen-bond donors (Lipinski definition) is 1. The molecule has 4 rings (SSSR count). The predicted octanol–water partition coefficient (Wildman–Crippen LogP) is 4.35. The lowest BCUT2D eigenvalue weighted by atomic mass is 9.91. The standard InChI is InChI=1S/C22H22ClN3O3/c1-14(28-19-8-4-6-15-5-2-3-7-18(15)19)22(27)24-13-20-25-21(26-29-20)16-9-11-17(23)12-10-16/h4,6,8-12,14H,2-3,5,7,13H2,1H3,(H,24,27)/t14-/m1/s1. The number of nitrogens with zero attached hydrogens (tertiary/aromatic N) is 2. The van der Waals surface area contributed by atoms with Crippen LogP contribution in [0.4, 0.5) is 0 Å². The maximum Gasteiger partial charge on any atom is 0.261 e. The zero-order valence-corrected chi connectivity index (χ0v) is 16.9. The van der Waals surface area contributed by atoms with Crippen molar-refractivity contribution < 1.29 is 14.1 Å². The highest BCUT2D eigenvalue weighted by Gasteiger charge is 2.20. The van der Waals surface area contributed by atoms with Crippen molar-refractivity contribution in [2.75, 3.05) is 0 Å². The van der Waals surface area contributed by atoms with Crippen LogP contribution in [-0.2, 0) is 24.2 Å². The van der Waals surface area contributed by atoms with Gasteiger partial charge in [0.1, 0.15) is 5.75 Å². The Balaban J connectivity index is 1.35. The number of nitrogens with one attached hydrogen (secondary N) is 1. The number of halogens is 1. The van der Waals surface area contributed by atoms with Gasteiger partial charge < -0.3 is 14.6 Å². The third-order valence-corrected chi connectivity index (χ3v) is 5.26. The third-order valence-electron chi connectivity index (χ3n) is 5.01. The number of benzene rings is 2. The maximum atomic E-state index is 12.5. The van der Waals surface area contributed by atoms with Gasteiger partial charge in [0.15, 0.2) is 6.10 Å². The lowest BCUT2D eigenvalue weighted by Gasteiger charge is -2.21. The van der Waals surface area contributed by atoms with E-state index in [4.69, 9.17) is 20.9 Å². The molecule has 0 spiro atoms. The predicted molar refractivity (Wildman–Crippen MR) is 110 cm³/mol. The van der Waals surface area contributed by atoms with Crippen LogP contribution in [0.15, 0.2) is 47.0 Å². The van der Waals surface area contributed by atoms with Crippen molar-refractivity contribution in [2.24, 2.45) is 0 Å². The van der Waals surface area contributed by atoms with Gasteiger partial charge in [-0.2, -0.15) is 4.98 Å². The fraction of sp³-hybridized carbons (Fsp3) is 0.318. The van der Waals surface area contributed by atoms with Gasteiger partial charge in [-0.15, -0.1) is 0 Å². The summed E-state index contributed by atoms with van der Waals surface area (Å²) in [6.07, 6.45) is 3.80. The highest BCUT2D eigenvalue weighted by molar-refractivity contribution is 6.30. The molecule has 150 valence electrons. The first-order chi connectivity index (χ1) is 14.1. The van der Waals surface area contributed by atoms with E-state index in [1.165, 1.54) is 17.5 Å². The quantitative estimate of drug-likeness (QED) is 0.652. The lowest BCUT2D eigenvalue weighted by Crippen LogP contribution is -2.36. The summed E-state index contributed by atoms with van der Waals surface area (Å²) in [6, 6.07) is 13.2. The van der Waals surface area contributed by atoms with Crippen LogP contribution in [0.5, 0.6) is 5.75 Å². The average Bonchev–Trinajstić information content (AvgIpc) is 3.22. The number of amides is 1. The summed E-state index contributed by atoms with van der Waals surface area (Å²) in [5, 5.41) is 7.37. The van der Waals surface area contributed by atoms with Gasteiger partial charge in [-0.25, -0.2) is 0 Å². The fourth-order valence-electron chi connectivity index (χ4n) is 3.45. The molecule has 1 N–H and O–H groups in total. The first-order valence-corrected chi connectivity index (χ1v) is 10.1. The van der Waals surface area contributed by atoms with Crippen molar-refractivity contribution in [2.45, 2.75) is 45.3 Å². The van der Waals surface area contributed by atoms with Crippen LogP contribution >= 0.6 is 11.6 Å². The van der Waals surface area contributed by atoms with Crippen LogP contribution < -0.4 is 10.1 Å². The molecule has 0 radical (unpaired) electrons. The average molecular weight is 412 g/mol.